The highest BCUT2D eigenvalue weighted by atomic mass is 16.3. The predicted molar refractivity (Wildman–Crippen MR) is 282 cm³/mol. The Hall–Kier alpha value is -8.92. The molecule has 2 heterocycles. The highest BCUT2D eigenvalue weighted by molar-refractivity contribution is 6.15. The molecule has 0 aliphatic carbocycles. The van der Waals surface area contributed by atoms with Crippen molar-refractivity contribution in [2.24, 2.45) is 0 Å². The van der Waals surface area contributed by atoms with E-state index >= 15 is 0 Å². The van der Waals surface area contributed by atoms with Crippen molar-refractivity contribution >= 4 is 71.6 Å². The molecule has 0 aliphatic heterocycles. The van der Waals surface area contributed by atoms with Crippen molar-refractivity contribution in [1.82, 2.24) is 4.57 Å². The fraction of sp³-hybridized carbons (Fsp3) is 0. The zero-order chi connectivity index (χ0) is 44.3. The van der Waals surface area contributed by atoms with Crippen LogP contribution < -0.4 is 4.90 Å². The third-order valence-electron chi connectivity index (χ3n) is 13.4. The molecule has 67 heavy (non-hydrogen) atoms. The normalized spacial score (nSPS) is 11.6. The SMILES string of the molecule is c1ccc(-c2cccc3cccc(-c4ccccc4N(c4ccc(-c5cccc6oc7ccccc7c56)cc4)c4cccc(-c5cccc6c7ccccc7n(-c7ccccc7)c56)c4)c23)cc1. The molecule has 0 saturated carbocycles. The van der Waals surface area contributed by atoms with Gasteiger partial charge in [0.15, 0.2) is 0 Å². The van der Waals surface area contributed by atoms with Gasteiger partial charge in [0.1, 0.15) is 11.2 Å². The van der Waals surface area contributed by atoms with Crippen LogP contribution >= 0.6 is 0 Å². The summed E-state index contributed by atoms with van der Waals surface area (Å²) < 4.78 is 8.75. The summed E-state index contributed by atoms with van der Waals surface area (Å²) in [4.78, 5) is 2.44. The average Bonchev–Trinajstić information content (AvgIpc) is 3.96. The molecular formula is C64H42N2O. The van der Waals surface area contributed by atoms with Crippen LogP contribution in [-0.4, -0.2) is 4.57 Å². The summed E-state index contributed by atoms with van der Waals surface area (Å²) in [5.74, 6) is 0. The van der Waals surface area contributed by atoms with E-state index in [2.05, 4.69) is 252 Å². The Morgan fingerprint density at radius 3 is 1.73 bits per heavy atom. The van der Waals surface area contributed by atoms with E-state index in [1.165, 1.54) is 54.8 Å². The van der Waals surface area contributed by atoms with E-state index < -0.39 is 0 Å². The molecule has 3 heteroatoms. The Kier molecular flexibility index (Phi) is 9.17. The molecule has 0 saturated heterocycles. The molecule has 13 aromatic rings. The van der Waals surface area contributed by atoms with Gasteiger partial charge in [-0.15, -0.1) is 0 Å². The van der Waals surface area contributed by atoms with Crippen molar-refractivity contribution in [3.8, 4) is 50.2 Å². The topological polar surface area (TPSA) is 21.3 Å². The number of fused-ring (bicyclic) bond motifs is 7. The minimum atomic E-state index is 0.890. The van der Waals surface area contributed by atoms with Gasteiger partial charge in [0.2, 0.25) is 0 Å². The van der Waals surface area contributed by atoms with Gasteiger partial charge in [-0.05, 0) is 105 Å². The summed E-state index contributed by atoms with van der Waals surface area (Å²) >= 11 is 0. The lowest BCUT2D eigenvalue weighted by Gasteiger charge is -2.29. The predicted octanol–water partition coefficient (Wildman–Crippen LogP) is 18.0. The number of rotatable bonds is 8. The van der Waals surface area contributed by atoms with Crippen LogP contribution in [0.3, 0.4) is 0 Å². The summed E-state index contributed by atoms with van der Waals surface area (Å²) in [7, 11) is 0. The molecule has 0 amide bonds. The van der Waals surface area contributed by atoms with Crippen LogP contribution in [0.4, 0.5) is 17.1 Å². The number of hydrogen-bond acceptors (Lipinski definition) is 2. The standard InChI is InChI=1S/C64H42N2O/c1-3-18-43(19-4-1)50-29-14-20-45-21-15-32-55(62(45)50)53-26-7-10-34-58(53)65(48-40-38-44(39-41-48)51-30-17-37-61-63(51)57-28-9-12-36-60(57)67-61)49-25-13-22-46(42-49)52-31-16-33-56-54-27-8-11-35-59(54)66(64(52)56)47-23-5-2-6-24-47/h1-42H. The lowest BCUT2D eigenvalue weighted by Crippen LogP contribution is -2.11. The maximum absolute atomic E-state index is 6.33. The van der Waals surface area contributed by atoms with Crippen molar-refractivity contribution in [3.05, 3.63) is 255 Å². The van der Waals surface area contributed by atoms with Crippen molar-refractivity contribution in [3.63, 3.8) is 0 Å². The van der Waals surface area contributed by atoms with Crippen LogP contribution in [0, 0.1) is 0 Å². The van der Waals surface area contributed by atoms with Gasteiger partial charge in [0.25, 0.3) is 0 Å². The highest BCUT2D eigenvalue weighted by Gasteiger charge is 2.22. The zero-order valence-electron chi connectivity index (χ0n) is 36.6. The molecule has 0 fully saturated rings. The largest absolute Gasteiger partial charge is 0.456 e. The molecule has 13 rings (SSSR count). The number of aromatic nitrogens is 1. The van der Waals surface area contributed by atoms with Crippen LogP contribution in [-0.2, 0) is 0 Å². The first-order chi connectivity index (χ1) is 33.3. The van der Waals surface area contributed by atoms with E-state index in [1.54, 1.807) is 0 Å². The van der Waals surface area contributed by atoms with Crippen molar-refractivity contribution in [2.75, 3.05) is 4.90 Å². The number of para-hydroxylation sites is 5. The van der Waals surface area contributed by atoms with E-state index in [0.717, 1.165) is 66.9 Å². The van der Waals surface area contributed by atoms with E-state index in [0.29, 0.717) is 0 Å². The number of furan rings is 1. The highest BCUT2D eigenvalue weighted by Crippen LogP contribution is 2.47. The number of hydrogen-bond donors (Lipinski definition) is 0. The van der Waals surface area contributed by atoms with Gasteiger partial charge in [-0.2, -0.15) is 0 Å². The third-order valence-corrected chi connectivity index (χ3v) is 13.4. The van der Waals surface area contributed by atoms with Gasteiger partial charge in [0, 0.05) is 49.7 Å². The lowest BCUT2D eigenvalue weighted by molar-refractivity contribution is 0.669. The molecule has 0 radical (unpaired) electrons. The van der Waals surface area contributed by atoms with Crippen LogP contribution in [0.2, 0.25) is 0 Å². The van der Waals surface area contributed by atoms with Crippen molar-refractivity contribution < 1.29 is 4.42 Å². The maximum Gasteiger partial charge on any atom is 0.136 e. The van der Waals surface area contributed by atoms with E-state index in [4.69, 9.17) is 4.42 Å². The van der Waals surface area contributed by atoms with Gasteiger partial charge < -0.3 is 13.9 Å². The average molecular weight is 855 g/mol. The quantitative estimate of drug-likeness (QED) is 0.152. The molecule has 3 nitrogen and oxygen atoms in total. The molecule has 0 aliphatic rings. The second kappa shape index (κ2) is 16.0. The second-order valence-corrected chi connectivity index (χ2v) is 17.2. The molecule has 0 spiro atoms. The fourth-order valence-electron chi connectivity index (χ4n) is 10.5. The zero-order valence-corrected chi connectivity index (χ0v) is 36.6. The molecular weight excluding hydrogens is 813 g/mol. The summed E-state index contributed by atoms with van der Waals surface area (Å²) in [6, 6.07) is 92.0. The van der Waals surface area contributed by atoms with Crippen molar-refractivity contribution in [2.45, 2.75) is 0 Å². The van der Waals surface area contributed by atoms with Gasteiger partial charge in [0.05, 0.1) is 16.7 Å². The van der Waals surface area contributed by atoms with E-state index in [1.807, 2.05) is 12.1 Å². The first kappa shape index (κ1) is 38.5. The maximum atomic E-state index is 6.33. The molecule has 2 aromatic heterocycles. The molecule has 314 valence electrons. The fourth-order valence-corrected chi connectivity index (χ4v) is 10.5. The van der Waals surface area contributed by atoms with Crippen LogP contribution in [0.25, 0.3) is 105 Å². The molecule has 11 aromatic carbocycles. The van der Waals surface area contributed by atoms with Gasteiger partial charge in [-0.25, -0.2) is 0 Å². The number of nitrogens with zero attached hydrogens (tertiary/aromatic N) is 2. The summed E-state index contributed by atoms with van der Waals surface area (Å²) in [5.41, 5.74) is 17.8. The molecule has 0 N–H and O–H groups in total. The Balaban J connectivity index is 1.03. The second-order valence-electron chi connectivity index (χ2n) is 17.2. The number of benzene rings is 11. The van der Waals surface area contributed by atoms with Crippen LogP contribution in [0.1, 0.15) is 0 Å². The van der Waals surface area contributed by atoms with Crippen molar-refractivity contribution in [1.29, 1.82) is 0 Å². The van der Waals surface area contributed by atoms with E-state index in [-0.39, 0.29) is 0 Å². The molecule has 0 bridgehead atoms. The monoisotopic (exact) mass is 854 g/mol. The first-order valence-corrected chi connectivity index (χ1v) is 22.9. The summed E-state index contributed by atoms with van der Waals surface area (Å²) in [6.07, 6.45) is 0. The lowest BCUT2D eigenvalue weighted by atomic mass is 9.90. The minimum Gasteiger partial charge on any atom is -0.456 e. The van der Waals surface area contributed by atoms with E-state index in [9.17, 15) is 0 Å². The van der Waals surface area contributed by atoms with Gasteiger partial charge in [-0.3, -0.25) is 0 Å². The molecule has 0 atom stereocenters. The Labute approximate surface area is 388 Å². The minimum absolute atomic E-state index is 0.890. The van der Waals surface area contributed by atoms with Gasteiger partial charge >= 0.3 is 0 Å². The summed E-state index contributed by atoms with van der Waals surface area (Å²) in [5, 5.41) is 7.15. The van der Waals surface area contributed by atoms with Crippen LogP contribution in [0.5, 0.6) is 0 Å². The first-order valence-electron chi connectivity index (χ1n) is 22.9. The van der Waals surface area contributed by atoms with Crippen LogP contribution in [0.15, 0.2) is 259 Å². The third kappa shape index (κ3) is 6.43. The summed E-state index contributed by atoms with van der Waals surface area (Å²) in [6.45, 7) is 0. The Morgan fingerprint density at radius 1 is 0.328 bits per heavy atom. The Bertz CT molecular complexity index is 3970. The molecule has 0 unspecified atom stereocenters. The smallest absolute Gasteiger partial charge is 0.136 e. The Morgan fingerprint density at radius 2 is 0.896 bits per heavy atom. The van der Waals surface area contributed by atoms with Gasteiger partial charge in [-0.1, -0.05) is 194 Å². The number of anilines is 3.